The second-order valence-electron chi connectivity index (χ2n) is 6.48. The van der Waals surface area contributed by atoms with Crippen LogP contribution in [-0.2, 0) is 0 Å². The first kappa shape index (κ1) is 19.1. The summed E-state index contributed by atoms with van der Waals surface area (Å²) in [5.74, 6) is 1.78. The van der Waals surface area contributed by atoms with E-state index < -0.39 is 0 Å². The number of nitrogens with zero attached hydrogens (tertiary/aromatic N) is 2. The minimum Gasteiger partial charge on any atom is -0.497 e. The van der Waals surface area contributed by atoms with Crippen molar-refractivity contribution in [3.63, 3.8) is 0 Å². The molecule has 0 spiro atoms. The van der Waals surface area contributed by atoms with E-state index >= 15 is 0 Å². The Kier molecular flexibility index (Phi) is 7.73. The first-order chi connectivity index (χ1) is 12.8. The van der Waals surface area contributed by atoms with Crippen molar-refractivity contribution in [2.45, 2.75) is 24.3 Å². The summed E-state index contributed by atoms with van der Waals surface area (Å²) >= 11 is 1.84. The molecule has 1 fully saturated rings. The lowest BCUT2D eigenvalue weighted by atomic mass is 10.2. The molecule has 1 saturated heterocycles. The van der Waals surface area contributed by atoms with Crippen molar-refractivity contribution in [1.29, 1.82) is 0 Å². The van der Waals surface area contributed by atoms with Crippen LogP contribution in [0.15, 0.2) is 47.6 Å². The molecule has 2 heterocycles. The molecule has 5 nitrogen and oxygen atoms in total. The Morgan fingerprint density at radius 1 is 0.962 bits per heavy atom. The Morgan fingerprint density at radius 3 is 2.42 bits per heavy atom. The average molecular weight is 376 g/mol. The number of aromatic amines is 1. The van der Waals surface area contributed by atoms with E-state index in [1.54, 1.807) is 7.11 Å². The third-order valence-electron chi connectivity index (χ3n) is 4.57. The lowest BCUT2D eigenvalue weighted by Gasteiger charge is -2.33. The molecule has 6 heteroatoms. The molecule has 1 aromatic heterocycles. The summed E-state index contributed by atoms with van der Waals surface area (Å²) in [5.41, 5.74) is 0. The van der Waals surface area contributed by atoms with Crippen molar-refractivity contribution >= 4 is 11.9 Å². The fraction of sp³-hybridized carbons (Fsp3) is 0.500. The molecule has 0 radical (unpaired) electrons. The van der Waals surface area contributed by atoms with Crippen molar-refractivity contribution in [3.05, 3.63) is 42.6 Å². The number of aromatic nitrogens is 1. The molecule has 1 N–H and O–H groups in total. The number of hydrogen-bond acceptors (Lipinski definition) is 5. The number of benzene rings is 1. The largest absolute Gasteiger partial charge is 0.497 e. The van der Waals surface area contributed by atoms with Crippen molar-refractivity contribution in [3.8, 4) is 11.5 Å². The van der Waals surface area contributed by atoms with Crippen LogP contribution in [0.1, 0.15) is 19.3 Å². The van der Waals surface area contributed by atoms with Gasteiger partial charge in [-0.25, -0.2) is 4.31 Å². The van der Waals surface area contributed by atoms with Crippen LogP contribution < -0.4 is 9.47 Å². The Hall–Kier alpha value is -1.63. The van der Waals surface area contributed by atoms with Crippen LogP contribution in [0.4, 0.5) is 0 Å². The van der Waals surface area contributed by atoms with E-state index in [-0.39, 0.29) is 0 Å². The summed E-state index contributed by atoms with van der Waals surface area (Å²) in [7, 11) is 1.68. The fourth-order valence-electron chi connectivity index (χ4n) is 3.03. The molecule has 0 atom stereocenters. The molecule has 1 aliphatic rings. The molecule has 0 saturated carbocycles. The van der Waals surface area contributed by atoms with Gasteiger partial charge < -0.3 is 19.4 Å². The van der Waals surface area contributed by atoms with Crippen molar-refractivity contribution in [1.82, 2.24) is 14.2 Å². The van der Waals surface area contributed by atoms with E-state index in [4.69, 9.17) is 9.47 Å². The molecule has 0 unspecified atom stereocenters. The van der Waals surface area contributed by atoms with E-state index in [0.29, 0.717) is 0 Å². The van der Waals surface area contributed by atoms with E-state index in [1.807, 2.05) is 42.4 Å². The zero-order chi connectivity index (χ0) is 18.0. The summed E-state index contributed by atoms with van der Waals surface area (Å²) in [6.07, 6.45) is 5.55. The summed E-state index contributed by atoms with van der Waals surface area (Å²) in [6.45, 7) is 6.57. The zero-order valence-corrected chi connectivity index (χ0v) is 16.3. The molecule has 1 aromatic carbocycles. The van der Waals surface area contributed by atoms with Gasteiger partial charge in [-0.2, -0.15) is 0 Å². The minimum atomic E-state index is 0.785. The number of ether oxygens (including phenoxy) is 2. The van der Waals surface area contributed by atoms with Gasteiger partial charge in [0.2, 0.25) is 0 Å². The topological polar surface area (TPSA) is 40.7 Å². The van der Waals surface area contributed by atoms with Gasteiger partial charge in [0.1, 0.15) is 11.5 Å². The monoisotopic (exact) mass is 375 g/mol. The van der Waals surface area contributed by atoms with Gasteiger partial charge >= 0.3 is 0 Å². The summed E-state index contributed by atoms with van der Waals surface area (Å²) in [6, 6.07) is 12.0. The molecular formula is C20H29N3O2S. The van der Waals surface area contributed by atoms with Gasteiger partial charge in [-0.3, -0.25) is 0 Å². The maximum atomic E-state index is 5.78. The van der Waals surface area contributed by atoms with Crippen LogP contribution in [-0.4, -0.2) is 60.6 Å². The molecule has 0 aliphatic carbocycles. The highest BCUT2D eigenvalue weighted by molar-refractivity contribution is 7.97. The Bertz CT molecular complexity index is 610. The van der Waals surface area contributed by atoms with Crippen molar-refractivity contribution in [2.75, 3.05) is 46.4 Å². The Morgan fingerprint density at radius 2 is 1.73 bits per heavy atom. The van der Waals surface area contributed by atoms with E-state index in [1.165, 1.54) is 24.4 Å². The molecule has 142 valence electrons. The third kappa shape index (κ3) is 6.27. The van der Waals surface area contributed by atoms with Crippen LogP contribution in [0.3, 0.4) is 0 Å². The number of nitrogens with one attached hydrogen (secondary N) is 1. The fourth-order valence-corrected chi connectivity index (χ4v) is 3.91. The summed E-state index contributed by atoms with van der Waals surface area (Å²) in [5, 5.41) is 1.23. The summed E-state index contributed by atoms with van der Waals surface area (Å²) in [4.78, 5) is 5.84. The molecule has 26 heavy (non-hydrogen) atoms. The quantitative estimate of drug-likeness (QED) is 0.504. The second kappa shape index (κ2) is 10.5. The SMILES string of the molecule is COc1ccc(OCCCCCN2CCN(Sc3ccc[nH]3)CC2)cc1. The molecule has 3 rings (SSSR count). The number of hydrogen-bond donors (Lipinski definition) is 1. The normalized spacial score (nSPS) is 15.9. The molecule has 0 amide bonds. The lowest BCUT2D eigenvalue weighted by molar-refractivity contribution is 0.191. The number of unbranched alkanes of at least 4 members (excludes halogenated alkanes) is 2. The highest BCUT2D eigenvalue weighted by atomic mass is 32.2. The van der Waals surface area contributed by atoms with Gasteiger partial charge in [0, 0.05) is 32.4 Å². The number of H-pyrrole nitrogens is 1. The van der Waals surface area contributed by atoms with E-state index in [2.05, 4.69) is 26.3 Å². The van der Waals surface area contributed by atoms with Crippen molar-refractivity contribution < 1.29 is 9.47 Å². The van der Waals surface area contributed by atoms with E-state index in [9.17, 15) is 0 Å². The maximum absolute atomic E-state index is 5.78. The molecule has 2 aromatic rings. The first-order valence-corrected chi connectivity index (χ1v) is 10.2. The smallest absolute Gasteiger partial charge is 0.119 e. The van der Waals surface area contributed by atoms with Gasteiger partial charge in [0.25, 0.3) is 0 Å². The van der Waals surface area contributed by atoms with Gasteiger partial charge in [0.05, 0.1) is 18.7 Å². The molecular weight excluding hydrogens is 346 g/mol. The van der Waals surface area contributed by atoms with Gasteiger partial charge in [-0.1, -0.05) is 0 Å². The van der Waals surface area contributed by atoms with Gasteiger partial charge in [0.15, 0.2) is 0 Å². The minimum absolute atomic E-state index is 0.785. The average Bonchev–Trinajstić information content (AvgIpc) is 3.19. The number of piperazine rings is 1. The predicted octanol–water partition coefficient (Wildman–Crippen LogP) is 3.90. The van der Waals surface area contributed by atoms with Crippen LogP contribution in [0.25, 0.3) is 0 Å². The van der Waals surface area contributed by atoms with Crippen molar-refractivity contribution in [2.24, 2.45) is 0 Å². The Labute approximate surface area is 160 Å². The summed E-state index contributed by atoms with van der Waals surface area (Å²) < 4.78 is 13.4. The second-order valence-corrected chi connectivity index (χ2v) is 7.62. The van der Waals surface area contributed by atoms with Gasteiger partial charge in [-0.15, -0.1) is 0 Å². The van der Waals surface area contributed by atoms with Crippen LogP contribution in [0.2, 0.25) is 0 Å². The maximum Gasteiger partial charge on any atom is 0.119 e. The third-order valence-corrected chi connectivity index (χ3v) is 5.65. The predicted molar refractivity (Wildman–Crippen MR) is 107 cm³/mol. The van der Waals surface area contributed by atoms with Gasteiger partial charge in [-0.05, 0) is 74.2 Å². The molecule has 1 aliphatic heterocycles. The van der Waals surface area contributed by atoms with Crippen LogP contribution in [0.5, 0.6) is 11.5 Å². The standard InChI is InChI=1S/C20H29N3O2S/c1-24-18-7-9-19(10-8-18)25-17-4-2-3-12-22-13-15-23(16-14-22)26-20-6-5-11-21-20/h5-11,21H,2-4,12-17H2,1H3. The van der Waals surface area contributed by atoms with E-state index in [0.717, 1.165) is 50.7 Å². The highest BCUT2D eigenvalue weighted by Gasteiger charge is 2.17. The zero-order valence-electron chi connectivity index (χ0n) is 15.5. The highest BCUT2D eigenvalue weighted by Crippen LogP contribution is 2.22. The lowest BCUT2D eigenvalue weighted by Crippen LogP contribution is -2.43. The number of methoxy groups -OCH3 is 1. The first-order valence-electron chi connectivity index (χ1n) is 9.39. The number of rotatable bonds is 10. The molecule has 0 bridgehead atoms. The van der Waals surface area contributed by atoms with Crippen LogP contribution >= 0.6 is 11.9 Å². The van der Waals surface area contributed by atoms with Crippen LogP contribution in [0, 0.1) is 0 Å². The Balaban J connectivity index is 1.21.